The van der Waals surface area contributed by atoms with Gasteiger partial charge in [-0.25, -0.2) is 4.79 Å². The molecule has 1 rings (SSSR count). The molecule has 0 aliphatic heterocycles. The number of rotatable bonds is 5. The van der Waals surface area contributed by atoms with Gasteiger partial charge in [-0.2, -0.15) is 0 Å². The van der Waals surface area contributed by atoms with Gasteiger partial charge in [0, 0.05) is 12.2 Å². The first kappa shape index (κ1) is 14.6. The van der Waals surface area contributed by atoms with E-state index in [4.69, 9.17) is 16.3 Å². The van der Waals surface area contributed by atoms with E-state index in [9.17, 15) is 9.59 Å². The first-order chi connectivity index (χ1) is 8.40. The highest BCUT2D eigenvalue weighted by Gasteiger charge is 2.14. The molecule has 2 N–H and O–H groups in total. The number of halogens is 1. The number of carbonyl (C=O) groups excluding carboxylic acids is 2. The lowest BCUT2D eigenvalue weighted by molar-refractivity contribution is -0.125. The summed E-state index contributed by atoms with van der Waals surface area (Å²) in [4.78, 5) is 25.6. The zero-order valence-corrected chi connectivity index (χ0v) is 11.4. The minimum atomic E-state index is -0.603. The highest BCUT2D eigenvalue weighted by atomic mass is 35.5. The van der Waals surface area contributed by atoms with Crippen LogP contribution in [0.4, 0.5) is 0 Å². The van der Waals surface area contributed by atoms with Crippen molar-refractivity contribution in [3.05, 3.63) is 23.0 Å². The molecule has 0 aliphatic rings. The summed E-state index contributed by atoms with van der Waals surface area (Å²) in [6.07, 6.45) is 1.47. The molecule has 0 saturated heterocycles. The van der Waals surface area contributed by atoms with Crippen molar-refractivity contribution in [2.45, 2.75) is 26.8 Å². The van der Waals surface area contributed by atoms with E-state index in [0.717, 1.165) is 0 Å². The van der Waals surface area contributed by atoms with Crippen molar-refractivity contribution in [1.29, 1.82) is 0 Å². The third kappa shape index (κ3) is 4.41. The molecule has 5 nitrogen and oxygen atoms in total. The summed E-state index contributed by atoms with van der Waals surface area (Å²) in [6.45, 7) is 5.59. The van der Waals surface area contributed by atoms with Gasteiger partial charge in [0.05, 0.1) is 5.02 Å². The summed E-state index contributed by atoms with van der Waals surface area (Å²) in [7, 11) is 0. The maximum atomic E-state index is 11.5. The smallest absolute Gasteiger partial charge is 0.355 e. The fraction of sp³-hybridized carbons (Fsp3) is 0.500. The van der Waals surface area contributed by atoms with E-state index in [-0.39, 0.29) is 24.2 Å². The third-order valence-corrected chi connectivity index (χ3v) is 2.81. The topological polar surface area (TPSA) is 71.2 Å². The van der Waals surface area contributed by atoms with Crippen LogP contribution in [0.5, 0.6) is 0 Å². The summed E-state index contributed by atoms with van der Waals surface area (Å²) in [5.41, 5.74) is 0.227. The number of H-pyrrole nitrogens is 1. The zero-order chi connectivity index (χ0) is 13.7. The van der Waals surface area contributed by atoms with E-state index in [1.807, 2.05) is 20.8 Å². The van der Waals surface area contributed by atoms with Crippen LogP contribution in [0.1, 0.15) is 31.3 Å². The standard InChI is InChI=1S/C12H17ClN2O3/c1-7(2)8(3)15-11(16)6-18-12(17)10-4-9(13)5-14-10/h4-5,7-8,14H,6H2,1-3H3,(H,15,16). The van der Waals surface area contributed by atoms with Crippen LogP contribution < -0.4 is 5.32 Å². The van der Waals surface area contributed by atoms with E-state index in [2.05, 4.69) is 10.3 Å². The highest BCUT2D eigenvalue weighted by Crippen LogP contribution is 2.10. The van der Waals surface area contributed by atoms with Gasteiger partial charge in [-0.1, -0.05) is 25.4 Å². The lowest BCUT2D eigenvalue weighted by Crippen LogP contribution is -2.38. The Morgan fingerprint density at radius 3 is 2.61 bits per heavy atom. The Morgan fingerprint density at radius 2 is 2.11 bits per heavy atom. The normalized spacial score (nSPS) is 12.3. The molecule has 100 valence electrons. The Morgan fingerprint density at radius 1 is 1.44 bits per heavy atom. The number of aromatic nitrogens is 1. The predicted molar refractivity (Wildman–Crippen MR) is 68.5 cm³/mol. The zero-order valence-electron chi connectivity index (χ0n) is 10.6. The van der Waals surface area contributed by atoms with Crippen LogP contribution in [0.15, 0.2) is 12.3 Å². The molecule has 0 saturated carbocycles. The molecule has 1 atom stereocenters. The SMILES string of the molecule is CC(C)C(C)NC(=O)COC(=O)c1cc(Cl)c[nH]1. The van der Waals surface area contributed by atoms with Gasteiger partial charge in [0.1, 0.15) is 5.69 Å². The highest BCUT2D eigenvalue weighted by molar-refractivity contribution is 6.30. The molecule has 1 aromatic rings. The molecular weight excluding hydrogens is 256 g/mol. The number of amides is 1. The Bertz CT molecular complexity index is 429. The van der Waals surface area contributed by atoms with Crippen LogP contribution in [0.2, 0.25) is 5.02 Å². The van der Waals surface area contributed by atoms with Crippen molar-refractivity contribution in [3.63, 3.8) is 0 Å². The largest absolute Gasteiger partial charge is 0.451 e. The molecule has 0 radical (unpaired) electrons. The number of carbonyl (C=O) groups is 2. The third-order valence-electron chi connectivity index (χ3n) is 2.59. The summed E-state index contributed by atoms with van der Waals surface area (Å²) in [6, 6.07) is 1.48. The molecule has 0 spiro atoms. The van der Waals surface area contributed by atoms with Crippen molar-refractivity contribution in [2.75, 3.05) is 6.61 Å². The number of hydrogen-bond acceptors (Lipinski definition) is 3. The molecule has 18 heavy (non-hydrogen) atoms. The molecule has 6 heteroatoms. The van der Waals surface area contributed by atoms with Gasteiger partial charge in [-0.05, 0) is 18.9 Å². The second kappa shape index (κ2) is 6.44. The van der Waals surface area contributed by atoms with E-state index in [1.165, 1.54) is 12.3 Å². The number of esters is 1. The first-order valence-electron chi connectivity index (χ1n) is 5.70. The van der Waals surface area contributed by atoms with Gasteiger partial charge in [-0.3, -0.25) is 4.79 Å². The molecule has 1 amide bonds. The summed E-state index contributed by atoms with van der Waals surface area (Å²) in [5, 5.41) is 3.16. The van der Waals surface area contributed by atoms with E-state index in [1.54, 1.807) is 0 Å². The Kier molecular flexibility index (Phi) is 5.22. The summed E-state index contributed by atoms with van der Waals surface area (Å²) < 4.78 is 4.84. The molecule has 1 unspecified atom stereocenters. The Balaban J connectivity index is 2.37. The van der Waals surface area contributed by atoms with Gasteiger partial charge >= 0.3 is 5.97 Å². The van der Waals surface area contributed by atoms with Gasteiger partial charge in [0.2, 0.25) is 0 Å². The molecule has 1 aromatic heterocycles. The van der Waals surface area contributed by atoms with E-state index < -0.39 is 5.97 Å². The lowest BCUT2D eigenvalue weighted by atomic mass is 10.1. The second-order valence-electron chi connectivity index (χ2n) is 4.41. The van der Waals surface area contributed by atoms with Crippen molar-refractivity contribution < 1.29 is 14.3 Å². The van der Waals surface area contributed by atoms with Gasteiger partial charge in [-0.15, -0.1) is 0 Å². The van der Waals surface area contributed by atoms with Crippen molar-refractivity contribution in [2.24, 2.45) is 5.92 Å². The predicted octanol–water partition coefficient (Wildman–Crippen LogP) is 1.99. The van der Waals surface area contributed by atoms with Crippen LogP contribution in [0.3, 0.4) is 0 Å². The average molecular weight is 273 g/mol. The molecule has 1 heterocycles. The maximum absolute atomic E-state index is 11.5. The quantitative estimate of drug-likeness (QED) is 0.805. The number of ether oxygens (including phenoxy) is 1. The van der Waals surface area contributed by atoms with Crippen molar-refractivity contribution in [3.8, 4) is 0 Å². The lowest BCUT2D eigenvalue weighted by Gasteiger charge is -2.17. The van der Waals surface area contributed by atoms with Crippen LogP contribution in [-0.4, -0.2) is 29.5 Å². The van der Waals surface area contributed by atoms with Crippen LogP contribution in [0, 0.1) is 5.92 Å². The number of hydrogen-bond donors (Lipinski definition) is 2. The first-order valence-corrected chi connectivity index (χ1v) is 6.08. The molecular formula is C12H17ClN2O3. The van der Waals surface area contributed by atoms with E-state index in [0.29, 0.717) is 10.9 Å². The van der Waals surface area contributed by atoms with Crippen LogP contribution >= 0.6 is 11.6 Å². The monoisotopic (exact) mass is 272 g/mol. The molecule has 0 bridgehead atoms. The molecule has 0 fully saturated rings. The number of nitrogens with one attached hydrogen (secondary N) is 2. The van der Waals surface area contributed by atoms with Gasteiger partial charge in [0.15, 0.2) is 6.61 Å². The van der Waals surface area contributed by atoms with Crippen molar-refractivity contribution >= 4 is 23.5 Å². The van der Waals surface area contributed by atoms with Gasteiger partial charge in [0.25, 0.3) is 5.91 Å². The summed E-state index contributed by atoms with van der Waals surface area (Å²) >= 11 is 5.65. The fourth-order valence-electron chi connectivity index (χ4n) is 1.16. The van der Waals surface area contributed by atoms with E-state index >= 15 is 0 Å². The van der Waals surface area contributed by atoms with Crippen LogP contribution in [0.25, 0.3) is 0 Å². The molecule has 0 aliphatic carbocycles. The number of aromatic amines is 1. The average Bonchev–Trinajstić information content (AvgIpc) is 2.72. The van der Waals surface area contributed by atoms with Crippen LogP contribution in [-0.2, 0) is 9.53 Å². The second-order valence-corrected chi connectivity index (χ2v) is 4.84. The minimum absolute atomic E-state index is 0.0381. The molecule has 0 aromatic carbocycles. The maximum Gasteiger partial charge on any atom is 0.355 e. The van der Waals surface area contributed by atoms with Gasteiger partial charge < -0.3 is 15.0 Å². The summed E-state index contributed by atoms with van der Waals surface area (Å²) in [5.74, 6) is -0.594. The Hall–Kier alpha value is -1.49. The fourth-order valence-corrected chi connectivity index (χ4v) is 1.32. The van der Waals surface area contributed by atoms with Crippen molar-refractivity contribution in [1.82, 2.24) is 10.3 Å². The minimum Gasteiger partial charge on any atom is -0.451 e. The Labute approximate surface area is 111 Å².